The molecule has 1 amide bonds. The van der Waals surface area contributed by atoms with Gasteiger partial charge in [0.15, 0.2) is 0 Å². The van der Waals surface area contributed by atoms with Crippen molar-refractivity contribution in [2.45, 2.75) is 64.1 Å². The highest BCUT2D eigenvalue weighted by atomic mass is 16.2. The first-order valence-corrected chi connectivity index (χ1v) is 8.16. The number of aryl methyl sites for hydroxylation is 2. The Morgan fingerprint density at radius 1 is 1.38 bits per heavy atom. The molecule has 2 fully saturated rings. The predicted octanol–water partition coefficient (Wildman–Crippen LogP) is 1.66. The molecule has 1 aromatic rings. The number of hydrogen-bond donors (Lipinski definition) is 2. The van der Waals surface area contributed by atoms with Crippen LogP contribution in [0.15, 0.2) is 6.20 Å². The van der Waals surface area contributed by atoms with Gasteiger partial charge in [0.1, 0.15) is 0 Å². The van der Waals surface area contributed by atoms with Gasteiger partial charge in [-0.3, -0.25) is 9.48 Å². The van der Waals surface area contributed by atoms with Crippen LogP contribution in [0.2, 0.25) is 0 Å². The molecule has 1 aliphatic carbocycles. The first kappa shape index (κ1) is 14.6. The lowest BCUT2D eigenvalue weighted by atomic mass is 9.77. The molecule has 3 atom stereocenters. The van der Waals surface area contributed by atoms with E-state index in [2.05, 4.69) is 15.7 Å². The number of carbonyl (C=O) groups is 1. The van der Waals surface area contributed by atoms with Crippen molar-refractivity contribution in [1.82, 2.24) is 20.4 Å². The van der Waals surface area contributed by atoms with Gasteiger partial charge in [-0.15, -0.1) is 0 Å². The third-order valence-electron chi connectivity index (χ3n) is 5.04. The van der Waals surface area contributed by atoms with Crippen molar-refractivity contribution in [2.75, 3.05) is 0 Å². The molecule has 1 aliphatic heterocycles. The van der Waals surface area contributed by atoms with Crippen LogP contribution in [0.3, 0.4) is 0 Å². The predicted molar refractivity (Wildman–Crippen MR) is 81.7 cm³/mol. The zero-order valence-corrected chi connectivity index (χ0v) is 13.1. The van der Waals surface area contributed by atoms with Crippen molar-refractivity contribution in [3.05, 3.63) is 17.5 Å². The second-order valence-electron chi connectivity index (χ2n) is 6.58. The van der Waals surface area contributed by atoms with Gasteiger partial charge in [-0.05, 0) is 38.5 Å². The molecule has 5 heteroatoms. The summed E-state index contributed by atoms with van der Waals surface area (Å²) in [6, 6.07) is 0.546. The lowest BCUT2D eigenvalue weighted by Gasteiger charge is -2.39. The fourth-order valence-electron chi connectivity index (χ4n) is 3.83. The van der Waals surface area contributed by atoms with Crippen LogP contribution in [-0.2, 0) is 18.4 Å². The molecular weight excluding hydrogens is 264 g/mol. The number of fused-ring (bicyclic) bond motifs is 1. The first-order chi connectivity index (χ1) is 10.1. The summed E-state index contributed by atoms with van der Waals surface area (Å²) in [6.45, 7) is 2.55. The number of aromatic nitrogens is 2. The topological polar surface area (TPSA) is 59.0 Å². The minimum Gasteiger partial charge on any atom is -0.351 e. The lowest BCUT2D eigenvalue weighted by Crippen LogP contribution is -2.54. The highest BCUT2D eigenvalue weighted by molar-refractivity contribution is 5.81. The van der Waals surface area contributed by atoms with Gasteiger partial charge in [0.2, 0.25) is 5.91 Å². The molecule has 1 aromatic heterocycles. The molecular formula is C16H26N4O. The smallest absolute Gasteiger partial charge is 0.237 e. The summed E-state index contributed by atoms with van der Waals surface area (Å²) in [5.41, 5.74) is 2.08. The summed E-state index contributed by atoms with van der Waals surface area (Å²) >= 11 is 0. The number of amides is 1. The number of nitrogens with zero attached hydrogens (tertiary/aromatic N) is 2. The molecule has 3 rings (SSSR count). The monoisotopic (exact) mass is 290 g/mol. The maximum absolute atomic E-state index is 12.4. The average molecular weight is 290 g/mol. The van der Waals surface area contributed by atoms with Crippen molar-refractivity contribution in [2.24, 2.45) is 13.0 Å². The average Bonchev–Trinajstić information content (AvgIpc) is 2.82. The normalized spacial score (nSPS) is 29.0. The van der Waals surface area contributed by atoms with E-state index in [-0.39, 0.29) is 11.9 Å². The van der Waals surface area contributed by atoms with E-state index in [1.807, 2.05) is 20.2 Å². The second kappa shape index (κ2) is 6.18. The summed E-state index contributed by atoms with van der Waals surface area (Å²) in [7, 11) is 1.91. The molecule has 2 heterocycles. The Bertz CT molecular complexity index is 510. The largest absolute Gasteiger partial charge is 0.351 e. The first-order valence-electron chi connectivity index (χ1n) is 8.16. The summed E-state index contributed by atoms with van der Waals surface area (Å²) in [5.74, 6) is 0.936. The maximum Gasteiger partial charge on any atom is 0.237 e. The third-order valence-corrected chi connectivity index (χ3v) is 5.04. The molecule has 2 aliphatic rings. The summed E-state index contributed by atoms with van der Waals surface area (Å²) in [6.07, 6.45) is 9.37. The van der Waals surface area contributed by atoms with E-state index in [0.717, 1.165) is 23.6 Å². The second-order valence-corrected chi connectivity index (χ2v) is 6.58. The van der Waals surface area contributed by atoms with E-state index in [9.17, 15) is 4.79 Å². The lowest BCUT2D eigenvalue weighted by molar-refractivity contribution is -0.124. The van der Waals surface area contributed by atoms with Gasteiger partial charge < -0.3 is 10.6 Å². The van der Waals surface area contributed by atoms with Crippen molar-refractivity contribution in [3.63, 3.8) is 0 Å². The van der Waals surface area contributed by atoms with Gasteiger partial charge >= 0.3 is 0 Å². The molecule has 1 saturated heterocycles. The van der Waals surface area contributed by atoms with E-state index in [1.54, 1.807) is 4.68 Å². The highest BCUT2D eigenvalue weighted by Crippen LogP contribution is 2.32. The van der Waals surface area contributed by atoms with E-state index in [1.165, 1.54) is 32.1 Å². The third kappa shape index (κ3) is 3.28. The molecule has 1 saturated carbocycles. The Balaban J connectivity index is 1.52. The SMILES string of the molecule is Cc1nn(C)cc1CNC(=O)C1CCC2CCCCC2N1. The molecule has 0 spiro atoms. The van der Waals surface area contributed by atoms with Crippen LogP contribution in [0.1, 0.15) is 49.8 Å². The molecule has 21 heavy (non-hydrogen) atoms. The van der Waals surface area contributed by atoms with E-state index >= 15 is 0 Å². The Kier molecular flexibility index (Phi) is 4.29. The van der Waals surface area contributed by atoms with Crippen molar-refractivity contribution < 1.29 is 4.79 Å². The van der Waals surface area contributed by atoms with E-state index in [4.69, 9.17) is 0 Å². The van der Waals surface area contributed by atoms with Crippen LogP contribution in [0.25, 0.3) is 0 Å². The Morgan fingerprint density at radius 2 is 2.19 bits per heavy atom. The fraction of sp³-hybridized carbons (Fsp3) is 0.750. The molecule has 2 N–H and O–H groups in total. The van der Waals surface area contributed by atoms with Crippen molar-refractivity contribution in [1.29, 1.82) is 0 Å². The van der Waals surface area contributed by atoms with Gasteiger partial charge in [0.05, 0.1) is 11.7 Å². The number of rotatable bonds is 3. The molecule has 0 bridgehead atoms. The van der Waals surface area contributed by atoms with Gasteiger partial charge in [0, 0.05) is 31.4 Å². The molecule has 3 unspecified atom stereocenters. The van der Waals surface area contributed by atoms with Crippen LogP contribution in [-0.4, -0.2) is 27.8 Å². The van der Waals surface area contributed by atoms with Gasteiger partial charge in [-0.25, -0.2) is 0 Å². The van der Waals surface area contributed by atoms with E-state index < -0.39 is 0 Å². The summed E-state index contributed by atoms with van der Waals surface area (Å²) in [4.78, 5) is 12.4. The van der Waals surface area contributed by atoms with Crippen LogP contribution in [0.5, 0.6) is 0 Å². The molecule has 0 radical (unpaired) electrons. The van der Waals surface area contributed by atoms with Crippen LogP contribution in [0, 0.1) is 12.8 Å². The molecule has 5 nitrogen and oxygen atoms in total. The van der Waals surface area contributed by atoms with Gasteiger partial charge in [-0.2, -0.15) is 5.10 Å². The minimum atomic E-state index is -0.0127. The fourth-order valence-corrected chi connectivity index (χ4v) is 3.83. The van der Waals surface area contributed by atoms with Gasteiger partial charge in [0.25, 0.3) is 0 Å². The standard InChI is InChI=1S/C16H26N4O/c1-11-13(10-20(2)19-11)9-17-16(21)15-8-7-12-5-3-4-6-14(12)18-15/h10,12,14-15,18H,3-9H2,1-2H3,(H,17,21). The molecule has 0 aromatic carbocycles. The Hall–Kier alpha value is -1.36. The highest BCUT2D eigenvalue weighted by Gasteiger charge is 2.34. The Morgan fingerprint density at radius 3 is 2.95 bits per heavy atom. The quantitative estimate of drug-likeness (QED) is 0.890. The minimum absolute atomic E-state index is 0.0127. The zero-order chi connectivity index (χ0) is 14.8. The van der Waals surface area contributed by atoms with E-state index in [0.29, 0.717) is 12.6 Å². The molecule has 116 valence electrons. The zero-order valence-electron chi connectivity index (χ0n) is 13.1. The van der Waals surface area contributed by atoms with Crippen LogP contribution >= 0.6 is 0 Å². The van der Waals surface area contributed by atoms with Crippen molar-refractivity contribution >= 4 is 5.91 Å². The van der Waals surface area contributed by atoms with Gasteiger partial charge in [-0.1, -0.05) is 12.8 Å². The maximum atomic E-state index is 12.4. The van der Waals surface area contributed by atoms with Crippen LogP contribution in [0.4, 0.5) is 0 Å². The summed E-state index contributed by atoms with van der Waals surface area (Å²) in [5, 5.41) is 10.9. The number of carbonyl (C=O) groups excluding carboxylic acids is 1. The number of nitrogens with one attached hydrogen (secondary N) is 2. The Labute approximate surface area is 126 Å². The summed E-state index contributed by atoms with van der Waals surface area (Å²) < 4.78 is 1.79. The van der Waals surface area contributed by atoms with Crippen molar-refractivity contribution in [3.8, 4) is 0 Å². The number of hydrogen-bond acceptors (Lipinski definition) is 3. The number of piperidine rings is 1. The van der Waals surface area contributed by atoms with Crippen LogP contribution < -0.4 is 10.6 Å².